The van der Waals surface area contributed by atoms with E-state index >= 15 is 0 Å². The zero-order chi connectivity index (χ0) is 18.1. The predicted octanol–water partition coefficient (Wildman–Crippen LogP) is 5.05. The van der Waals surface area contributed by atoms with E-state index in [0.717, 1.165) is 5.52 Å². The summed E-state index contributed by atoms with van der Waals surface area (Å²) in [7, 11) is -3.32. The average molecular weight is 363 g/mol. The van der Waals surface area contributed by atoms with Gasteiger partial charge in [0.05, 0.1) is 13.6 Å². The first kappa shape index (κ1) is 17.8. The van der Waals surface area contributed by atoms with Crippen LogP contribution in [0.5, 0.6) is 0 Å². The lowest BCUT2D eigenvalue weighted by atomic mass is 10.2. The van der Waals surface area contributed by atoms with Crippen LogP contribution in [0, 0.1) is 0 Å². The average Bonchev–Trinajstić information content (AvgIpc) is 2.59. The highest BCUT2D eigenvalue weighted by molar-refractivity contribution is 7.07. The van der Waals surface area contributed by atoms with E-state index in [9.17, 15) is 0 Å². The molecule has 0 saturated heterocycles. The fraction of sp³-hybridized carbons (Fsp3) is 0.238. The van der Waals surface area contributed by atoms with Crippen molar-refractivity contribution < 1.29 is 0 Å². The van der Waals surface area contributed by atoms with Crippen molar-refractivity contribution in [2.45, 2.75) is 32.7 Å². The lowest BCUT2D eigenvalue weighted by molar-refractivity contribution is 1.31. The van der Waals surface area contributed by atoms with Crippen LogP contribution < -0.4 is 5.19 Å². The van der Waals surface area contributed by atoms with Crippen molar-refractivity contribution >= 4 is 37.4 Å². The molecule has 3 aromatic rings. The van der Waals surface area contributed by atoms with Crippen LogP contribution in [0.4, 0.5) is 0 Å². The Labute approximate surface area is 152 Å². The first-order valence-corrected chi connectivity index (χ1v) is 15.3. The van der Waals surface area contributed by atoms with Gasteiger partial charge in [-0.05, 0) is 22.9 Å². The molecule has 0 aliphatic heterocycles. The summed E-state index contributed by atoms with van der Waals surface area (Å²) in [6.45, 7) is 12.1. The summed E-state index contributed by atoms with van der Waals surface area (Å²) in [5, 5.41) is 4.11. The highest BCUT2D eigenvalue weighted by atomic mass is 28.3. The van der Waals surface area contributed by atoms with Gasteiger partial charge in [0, 0.05) is 24.0 Å². The smallest absolute Gasteiger partial charge is 0.114 e. The number of pyridine rings is 2. The molecule has 2 aromatic heterocycles. The molecular formula is C21H26N2Si2. The summed E-state index contributed by atoms with van der Waals surface area (Å²) in [5.41, 5.74) is 4.97. The Morgan fingerprint density at radius 2 is 1.60 bits per heavy atom. The van der Waals surface area contributed by atoms with Crippen LogP contribution in [0.1, 0.15) is 5.56 Å². The van der Waals surface area contributed by atoms with Gasteiger partial charge in [0.15, 0.2) is 0 Å². The van der Waals surface area contributed by atoms with Gasteiger partial charge in [-0.2, -0.15) is 0 Å². The van der Waals surface area contributed by atoms with Gasteiger partial charge >= 0.3 is 0 Å². The molecule has 128 valence electrons. The van der Waals surface area contributed by atoms with Crippen molar-refractivity contribution in [3.63, 3.8) is 0 Å². The summed E-state index contributed by atoms with van der Waals surface area (Å²) < 4.78 is 0. The molecule has 0 aliphatic carbocycles. The minimum atomic E-state index is -1.93. The lowest BCUT2D eigenvalue weighted by Gasteiger charge is -2.30. The topological polar surface area (TPSA) is 25.8 Å². The molecule has 0 atom stereocenters. The van der Waals surface area contributed by atoms with E-state index in [1.54, 1.807) is 0 Å². The van der Waals surface area contributed by atoms with Crippen molar-refractivity contribution in [1.29, 1.82) is 0 Å². The Morgan fingerprint density at radius 1 is 0.880 bits per heavy atom. The molecular weight excluding hydrogens is 336 g/mol. The van der Waals surface area contributed by atoms with Gasteiger partial charge in [-0.25, -0.2) is 0 Å². The third kappa shape index (κ3) is 3.80. The summed E-state index contributed by atoms with van der Waals surface area (Å²) >= 11 is 0. The van der Waals surface area contributed by atoms with Gasteiger partial charge in [-0.15, -0.1) is 0 Å². The molecule has 0 radical (unpaired) electrons. The number of hydrogen-bond acceptors (Lipinski definition) is 2. The van der Waals surface area contributed by atoms with E-state index in [2.05, 4.69) is 73.8 Å². The largest absolute Gasteiger partial charge is 0.264 e. The molecule has 4 heteroatoms. The second kappa shape index (κ2) is 6.69. The van der Waals surface area contributed by atoms with Gasteiger partial charge in [0.2, 0.25) is 0 Å². The summed E-state index contributed by atoms with van der Waals surface area (Å²) in [6.07, 6.45) is 5.77. The maximum Gasteiger partial charge on any atom is 0.114 e. The van der Waals surface area contributed by atoms with Gasteiger partial charge in [0.25, 0.3) is 0 Å². The molecule has 25 heavy (non-hydrogen) atoms. The van der Waals surface area contributed by atoms with Gasteiger partial charge < -0.3 is 0 Å². The maximum absolute atomic E-state index is 4.72. The highest BCUT2D eigenvalue weighted by Gasteiger charge is 2.32. The van der Waals surface area contributed by atoms with E-state index in [1.807, 2.05) is 30.7 Å². The number of fused-ring (bicyclic) bond motifs is 1. The van der Waals surface area contributed by atoms with Gasteiger partial charge in [-0.1, -0.05) is 74.0 Å². The molecule has 0 N–H and O–H groups in total. The van der Waals surface area contributed by atoms with Crippen molar-refractivity contribution in [2.24, 2.45) is 0 Å². The number of aromatic nitrogens is 2. The first-order valence-electron chi connectivity index (χ1n) is 8.77. The molecule has 2 nitrogen and oxygen atoms in total. The van der Waals surface area contributed by atoms with Crippen LogP contribution in [0.2, 0.25) is 32.7 Å². The summed E-state index contributed by atoms with van der Waals surface area (Å²) in [5.74, 6) is 0. The van der Waals surface area contributed by atoms with E-state index in [1.165, 1.54) is 21.3 Å². The van der Waals surface area contributed by atoms with E-state index in [0.29, 0.717) is 0 Å². The van der Waals surface area contributed by atoms with Gasteiger partial charge in [0.1, 0.15) is 8.07 Å². The molecule has 0 amide bonds. The zero-order valence-corrected chi connectivity index (χ0v) is 17.7. The van der Waals surface area contributed by atoms with Crippen molar-refractivity contribution in [1.82, 2.24) is 9.97 Å². The van der Waals surface area contributed by atoms with Crippen LogP contribution >= 0.6 is 0 Å². The molecule has 1 aromatic carbocycles. The lowest BCUT2D eigenvalue weighted by Crippen LogP contribution is -2.44. The Bertz CT molecular complexity index is 905. The van der Waals surface area contributed by atoms with Crippen molar-refractivity contribution in [2.75, 3.05) is 0 Å². The molecule has 0 spiro atoms. The number of hydrogen-bond donors (Lipinski definition) is 0. The van der Waals surface area contributed by atoms with Crippen molar-refractivity contribution in [3.05, 3.63) is 72.3 Å². The standard InChI is InChI=1S/C21H26N2Si2/c1-24(2,3)16-20(18-11-7-13-22-15-18)25(4,5)19-12-6-9-17-10-8-14-23-21(17)19/h6-16H,1-5H3/b20-16+. The third-order valence-electron chi connectivity index (χ3n) is 4.53. The number of benzene rings is 1. The Morgan fingerprint density at radius 3 is 2.28 bits per heavy atom. The van der Waals surface area contributed by atoms with E-state index in [-0.39, 0.29) is 0 Å². The second-order valence-electron chi connectivity index (χ2n) is 8.17. The van der Waals surface area contributed by atoms with Crippen LogP contribution in [0.3, 0.4) is 0 Å². The molecule has 0 aliphatic rings. The quantitative estimate of drug-likeness (QED) is 0.607. The fourth-order valence-electron chi connectivity index (χ4n) is 3.33. The third-order valence-corrected chi connectivity index (χ3v) is 9.50. The SMILES string of the molecule is C[Si](C)(C)/C=C(\c1cccnc1)[Si](C)(C)c1cccc2cccnc12. The minimum Gasteiger partial charge on any atom is -0.264 e. The molecule has 2 heterocycles. The molecule has 0 bridgehead atoms. The van der Waals surface area contributed by atoms with Crippen LogP contribution in [-0.4, -0.2) is 26.1 Å². The Hall–Kier alpha value is -2.05. The predicted molar refractivity (Wildman–Crippen MR) is 114 cm³/mol. The number of rotatable bonds is 4. The molecule has 0 saturated carbocycles. The molecule has 0 unspecified atom stereocenters. The van der Waals surface area contributed by atoms with Gasteiger partial charge in [-0.3, -0.25) is 9.97 Å². The van der Waals surface area contributed by atoms with E-state index in [4.69, 9.17) is 4.98 Å². The van der Waals surface area contributed by atoms with Crippen LogP contribution in [-0.2, 0) is 0 Å². The van der Waals surface area contributed by atoms with E-state index < -0.39 is 16.1 Å². The van der Waals surface area contributed by atoms with Crippen LogP contribution in [0.15, 0.2) is 66.8 Å². The molecule has 3 rings (SSSR count). The number of nitrogens with zero attached hydrogens (tertiary/aromatic N) is 2. The van der Waals surface area contributed by atoms with Crippen molar-refractivity contribution in [3.8, 4) is 0 Å². The maximum atomic E-state index is 4.72. The number of para-hydroxylation sites is 1. The summed E-state index contributed by atoms with van der Waals surface area (Å²) in [4.78, 5) is 9.11. The Balaban J connectivity index is 2.25. The summed E-state index contributed by atoms with van der Waals surface area (Å²) in [6, 6.07) is 15.0. The monoisotopic (exact) mass is 362 g/mol. The normalized spacial score (nSPS) is 13.2. The highest BCUT2D eigenvalue weighted by Crippen LogP contribution is 2.29. The van der Waals surface area contributed by atoms with Crippen LogP contribution in [0.25, 0.3) is 16.1 Å². The zero-order valence-electron chi connectivity index (χ0n) is 15.7. The molecule has 0 fully saturated rings. The fourth-order valence-corrected chi connectivity index (χ4v) is 9.58. The Kier molecular flexibility index (Phi) is 4.76. The second-order valence-corrected chi connectivity index (χ2v) is 17.5. The first-order chi connectivity index (χ1) is 11.8. The minimum absolute atomic E-state index is 1.15.